The van der Waals surface area contributed by atoms with Gasteiger partial charge in [0.05, 0.1) is 10.5 Å². The number of nitrogens with zero attached hydrogens (tertiary/aromatic N) is 1. The fourth-order valence-corrected chi connectivity index (χ4v) is 2.77. The summed E-state index contributed by atoms with van der Waals surface area (Å²) < 4.78 is 11.6. The number of ether oxygens (including phenoxy) is 2. The zero-order valence-corrected chi connectivity index (χ0v) is 13.0. The van der Waals surface area contributed by atoms with Crippen LogP contribution in [0.5, 0.6) is 23.0 Å². The number of nitro benzene ring substituents is 1. The lowest BCUT2D eigenvalue weighted by Crippen LogP contribution is -1.99. The molecule has 3 aromatic carbocycles. The Morgan fingerprint density at radius 1 is 0.833 bits per heavy atom. The van der Waals surface area contributed by atoms with Gasteiger partial charge in [0, 0.05) is 11.1 Å². The van der Waals surface area contributed by atoms with Crippen LogP contribution in [0.25, 0.3) is 11.1 Å². The van der Waals surface area contributed by atoms with E-state index < -0.39 is 4.92 Å². The van der Waals surface area contributed by atoms with E-state index in [1.165, 1.54) is 12.1 Å². The van der Waals surface area contributed by atoms with Gasteiger partial charge >= 0.3 is 0 Å². The second-order valence-corrected chi connectivity index (χ2v) is 5.67. The smallest absolute Gasteiger partial charge is 0.277 e. The number of halogens is 1. The third-order valence-corrected chi connectivity index (χ3v) is 3.93. The van der Waals surface area contributed by atoms with E-state index in [4.69, 9.17) is 21.1 Å². The zero-order valence-electron chi connectivity index (χ0n) is 12.2. The Morgan fingerprint density at radius 3 is 2.21 bits per heavy atom. The van der Waals surface area contributed by atoms with Gasteiger partial charge in [0.1, 0.15) is 0 Å². The minimum atomic E-state index is -0.433. The molecule has 0 aromatic heterocycles. The van der Waals surface area contributed by atoms with Crippen molar-refractivity contribution < 1.29 is 14.4 Å². The lowest BCUT2D eigenvalue weighted by Gasteiger charge is -2.20. The summed E-state index contributed by atoms with van der Waals surface area (Å²) in [6.45, 7) is 0. The summed E-state index contributed by atoms with van der Waals surface area (Å²) in [5.41, 5.74) is 1.04. The maximum Gasteiger partial charge on any atom is 0.277 e. The molecule has 0 N–H and O–H groups in total. The first kappa shape index (κ1) is 14.5. The highest BCUT2D eigenvalue weighted by molar-refractivity contribution is 6.31. The second-order valence-electron chi connectivity index (χ2n) is 5.23. The van der Waals surface area contributed by atoms with Crippen molar-refractivity contribution >= 4 is 17.3 Å². The quantitative estimate of drug-likeness (QED) is 0.341. The van der Waals surface area contributed by atoms with E-state index in [1.54, 1.807) is 30.3 Å². The minimum Gasteiger partial charge on any atom is -0.450 e. The van der Waals surface area contributed by atoms with Crippen LogP contribution in [0.4, 0.5) is 5.69 Å². The molecule has 118 valence electrons. The van der Waals surface area contributed by atoms with Crippen LogP contribution in [-0.4, -0.2) is 4.92 Å². The van der Waals surface area contributed by atoms with Gasteiger partial charge in [0.15, 0.2) is 23.0 Å². The first-order valence-corrected chi connectivity index (χ1v) is 7.53. The molecular formula is C18H10ClNO4. The summed E-state index contributed by atoms with van der Waals surface area (Å²) in [7, 11) is 0. The van der Waals surface area contributed by atoms with Crippen LogP contribution < -0.4 is 9.47 Å². The molecule has 0 fully saturated rings. The highest BCUT2D eigenvalue weighted by Crippen LogP contribution is 2.47. The maximum absolute atomic E-state index is 11.3. The molecule has 1 aliphatic rings. The molecule has 0 aliphatic carbocycles. The SMILES string of the molecule is O=[N+]([O-])c1ccc(Cl)cc1-c1ccc2c(c1)Oc1ccccc1O2. The fraction of sp³-hybridized carbons (Fsp3) is 0. The van der Waals surface area contributed by atoms with Crippen LogP contribution in [0.2, 0.25) is 5.02 Å². The third kappa shape index (κ3) is 2.45. The Bertz CT molecular complexity index is 971. The average molecular weight is 340 g/mol. The van der Waals surface area contributed by atoms with E-state index in [0.29, 0.717) is 39.1 Å². The summed E-state index contributed by atoms with van der Waals surface area (Å²) in [6, 6.07) is 17.0. The molecule has 0 saturated carbocycles. The number of hydrogen-bond acceptors (Lipinski definition) is 4. The summed E-state index contributed by atoms with van der Waals surface area (Å²) in [5.74, 6) is 2.29. The van der Waals surface area contributed by atoms with E-state index in [9.17, 15) is 10.1 Å². The monoisotopic (exact) mass is 339 g/mol. The molecular weight excluding hydrogens is 330 g/mol. The molecule has 1 heterocycles. The number of fused-ring (bicyclic) bond motifs is 2. The van der Waals surface area contributed by atoms with Gasteiger partial charge in [0.2, 0.25) is 0 Å². The van der Waals surface area contributed by atoms with Gasteiger partial charge in [-0.3, -0.25) is 10.1 Å². The van der Waals surface area contributed by atoms with Crippen molar-refractivity contribution in [2.24, 2.45) is 0 Å². The Morgan fingerprint density at radius 2 is 1.50 bits per heavy atom. The van der Waals surface area contributed by atoms with Crippen LogP contribution in [0.3, 0.4) is 0 Å². The van der Waals surface area contributed by atoms with Gasteiger partial charge in [-0.05, 0) is 42.0 Å². The van der Waals surface area contributed by atoms with Crippen molar-refractivity contribution in [1.29, 1.82) is 0 Å². The number of hydrogen-bond donors (Lipinski definition) is 0. The van der Waals surface area contributed by atoms with Gasteiger partial charge < -0.3 is 9.47 Å². The highest BCUT2D eigenvalue weighted by Gasteiger charge is 2.21. The van der Waals surface area contributed by atoms with Gasteiger partial charge in [-0.1, -0.05) is 29.8 Å². The molecule has 24 heavy (non-hydrogen) atoms. The predicted octanol–water partition coefficient (Wildman–Crippen LogP) is 5.81. The Hall–Kier alpha value is -3.05. The average Bonchev–Trinajstić information content (AvgIpc) is 2.59. The van der Waals surface area contributed by atoms with E-state index >= 15 is 0 Å². The Balaban J connectivity index is 1.81. The van der Waals surface area contributed by atoms with Crippen molar-refractivity contribution in [3.8, 4) is 34.1 Å². The second kappa shape index (κ2) is 5.54. The van der Waals surface area contributed by atoms with Gasteiger partial charge in [-0.2, -0.15) is 0 Å². The Labute approximate surface area is 142 Å². The van der Waals surface area contributed by atoms with Crippen LogP contribution >= 0.6 is 11.6 Å². The fourth-order valence-electron chi connectivity index (χ4n) is 2.59. The Kier molecular flexibility index (Phi) is 3.36. The summed E-state index contributed by atoms with van der Waals surface area (Å²) in [4.78, 5) is 10.8. The molecule has 1 aliphatic heterocycles. The molecule has 5 nitrogen and oxygen atoms in total. The first-order chi connectivity index (χ1) is 11.6. The molecule has 3 aromatic rings. The molecule has 6 heteroatoms. The van der Waals surface area contributed by atoms with E-state index in [0.717, 1.165) is 0 Å². The number of para-hydroxylation sites is 2. The van der Waals surface area contributed by atoms with Crippen LogP contribution in [0.1, 0.15) is 0 Å². The van der Waals surface area contributed by atoms with Crippen LogP contribution in [0.15, 0.2) is 60.7 Å². The molecule has 0 amide bonds. The number of rotatable bonds is 2. The first-order valence-electron chi connectivity index (χ1n) is 7.15. The molecule has 0 bridgehead atoms. The van der Waals surface area contributed by atoms with Crippen molar-refractivity contribution in [3.63, 3.8) is 0 Å². The molecule has 0 atom stereocenters. The molecule has 0 radical (unpaired) electrons. The van der Waals surface area contributed by atoms with E-state index in [-0.39, 0.29) is 5.69 Å². The highest BCUT2D eigenvalue weighted by atomic mass is 35.5. The van der Waals surface area contributed by atoms with Crippen molar-refractivity contribution in [3.05, 3.63) is 75.8 Å². The maximum atomic E-state index is 11.3. The van der Waals surface area contributed by atoms with E-state index in [2.05, 4.69) is 0 Å². The normalized spacial score (nSPS) is 11.7. The number of nitro groups is 1. The minimum absolute atomic E-state index is 0.0172. The van der Waals surface area contributed by atoms with Crippen LogP contribution in [-0.2, 0) is 0 Å². The van der Waals surface area contributed by atoms with Crippen molar-refractivity contribution in [1.82, 2.24) is 0 Å². The molecule has 0 spiro atoms. The van der Waals surface area contributed by atoms with Crippen LogP contribution in [0, 0.1) is 10.1 Å². The van der Waals surface area contributed by atoms with Gasteiger partial charge in [-0.15, -0.1) is 0 Å². The van der Waals surface area contributed by atoms with Gasteiger partial charge in [0.25, 0.3) is 5.69 Å². The molecule has 4 rings (SSSR count). The third-order valence-electron chi connectivity index (χ3n) is 3.70. The predicted molar refractivity (Wildman–Crippen MR) is 90.1 cm³/mol. The lowest BCUT2D eigenvalue weighted by atomic mass is 10.0. The summed E-state index contributed by atoms with van der Waals surface area (Å²) in [6.07, 6.45) is 0. The topological polar surface area (TPSA) is 61.6 Å². The standard InChI is InChI=1S/C18H10ClNO4/c19-12-6-7-14(20(21)22)13(10-12)11-5-8-17-18(9-11)24-16-4-2-1-3-15(16)23-17/h1-10H. The zero-order chi connectivity index (χ0) is 16.7. The van der Waals surface area contributed by atoms with Crippen molar-refractivity contribution in [2.75, 3.05) is 0 Å². The van der Waals surface area contributed by atoms with Crippen molar-refractivity contribution in [2.45, 2.75) is 0 Å². The van der Waals surface area contributed by atoms with E-state index in [1.807, 2.05) is 18.2 Å². The summed E-state index contributed by atoms with van der Waals surface area (Å²) in [5, 5.41) is 11.7. The number of benzene rings is 3. The molecule has 0 saturated heterocycles. The lowest BCUT2D eigenvalue weighted by molar-refractivity contribution is -0.384. The summed E-state index contributed by atoms with van der Waals surface area (Å²) >= 11 is 6.00. The largest absolute Gasteiger partial charge is 0.450 e. The van der Waals surface area contributed by atoms with Gasteiger partial charge in [-0.25, -0.2) is 0 Å². The molecule has 0 unspecified atom stereocenters.